The van der Waals surface area contributed by atoms with Crippen LogP contribution in [0.2, 0.25) is 5.02 Å². The smallest absolute Gasteiger partial charge is 0.255 e. The first kappa shape index (κ1) is 9.73. The molecule has 0 saturated carbocycles. The third-order valence-electron chi connectivity index (χ3n) is 2.10. The van der Waals surface area contributed by atoms with E-state index in [4.69, 9.17) is 17.3 Å². The highest BCUT2D eigenvalue weighted by molar-refractivity contribution is 6.36. The molecule has 2 aromatic rings. The van der Waals surface area contributed by atoms with Gasteiger partial charge in [0.25, 0.3) is 5.91 Å². The minimum atomic E-state index is -0.668. The first-order valence-electron chi connectivity index (χ1n) is 4.20. The maximum absolute atomic E-state index is 11.2. The van der Waals surface area contributed by atoms with E-state index in [0.29, 0.717) is 20.5 Å². The summed E-state index contributed by atoms with van der Waals surface area (Å²) in [6, 6.07) is 5.04. The molecule has 0 radical (unpaired) electrons. The minimum Gasteiger partial charge on any atom is -0.619 e. The maximum Gasteiger partial charge on any atom is 0.255 e. The van der Waals surface area contributed by atoms with Gasteiger partial charge < -0.3 is 10.9 Å². The van der Waals surface area contributed by atoms with Gasteiger partial charge in [-0.15, -0.1) is 0 Å². The number of nitrogens with zero attached hydrogens (tertiary/aromatic N) is 1. The van der Waals surface area contributed by atoms with Crippen molar-refractivity contribution in [2.24, 2.45) is 5.73 Å². The molecule has 0 aliphatic rings. The van der Waals surface area contributed by atoms with Crippen LogP contribution in [0.5, 0.6) is 0 Å². The molecule has 0 spiro atoms. The fraction of sp³-hybridized carbons (Fsp3) is 0. The van der Waals surface area contributed by atoms with Crippen LogP contribution in [0.15, 0.2) is 30.6 Å². The Morgan fingerprint density at radius 1 is 1.40 bits per heavy atom. The number of benzene rings is 1. The predicted octanol–water partition coefficient (Wildman–Crippen LogP) is 1.23. The fourth-order valence-electron chi connectivity index (χ4n) is 1.49. The lowest BCUT2D eigenvalue weighted by atomic mass is 10.1. The Balaban J connectivity index is 2.94. The van der Waals surface area contributed by atoms with E-state index in [2.05, 4.69) is 0 Å². The highest BCUT2D eigenvalue weighted by Gasteiger charge is 2.14. The number of primary amides is 1. The number of aromatic nitrogens is 1. The Bertz CT molecular complexity index is 554. The fourth-order valence-corrected chi connectivity index (χ4v) is 1.77. The van der Waals surface area contributed by atoms with Crippen molar-refractivity contribution in [2.45, 2.75) is 0 Å². The number of fused-ring (bicyclic) bond motifs is 1. The first-order chi connectivity index (χ1) is 7.09. The number of carbonyl (C=O) groups excluding carboxylic acids is 1. The lowest BCUT2D eigenvalue weighted by Crippen LogP contribution is -2.28. The molecule has 76 valence electrons. The van der Waals surface area contributed by atoms with Gasteiger partial charge >= 0.3 is 0 Å². The normalized spacial score (nSPS) is 10.5. The van der Waals surface area contributed by atoms with Gasteiger partial charge in [0, 0.05) is 15.8 Å². The summed E-state index contributed by atoms with van der Waals surface area (Å²) >= 11 is 5.94. The quantitative estimate of drug-likeness (QED) is 0.582. The SMILES string of the molecule is NC(=O)c1c[n+]([O-])cc2cccc(Cl)c12. The van der Waals surface area contributed by atoms with Gasteiger partial charge in [0.15, 0.2) is 12.4 Å². The molecule has 0 bridgehead atoms. The van der Waals surface area contributed by atoms with Crippen LogP contribution in [0.25, 0.3) is 10.8 Å². The molecule has 1 aromatic carbocycles. The summed E-state index contributed by atoms with van der Waals surface area (Å²) in [5, 5.41) is 12.7. The van der Waals surface area contributed by atoms with Crippen LogP contribution in [0.4, 0.5) is 0 Å². The molecule has 0 unspecified atom stereocenters. The average molecular weight is 223 g/mol. The van der Waals surface area contributed by atoms with Crippen molar-refractivity contribution >= 4 is 28.3 Å². The second-order valence-corrected chi connectivity index (χ2v) is 3.51. The van der Waals surface area contributed by atoms with Crippen LogP contribution in [0, 0.1) is 5.21 Å². The predicted molar refractivity (Wildman–Crippen MR) is 56.4 cm³/mol. The second kappa shape index (κ2) is 3.40. The number of pyridine rings is 1. The van der Waals surface area contributed by atoms with E-state index < -0.39 is 5.91 Å². The third kappa shape index (κ3) is 1.59. The monoisotopic (exact) mass is 222 g/mol. The molecule has 15 heavy (non-hydrogen) atoms. The van der Waals surface area contributed by atoms with Crippen LogP contribution < -0.4 is 10.5 Å². The van der Waals surface area contributed by atoms with Crippen molar-refractivity contribution in [2.75, 3.05) is 0 Å². The molecule has 2 rings (SSSR count). The Hall–Kier alpha value is -1.81. The Morgan fingerprint density at radius 3 is 2.80 bits per heavy atom. The summed E-state index contributed by atoms with van der Waals surface area (Å²) in [5.41, 5.74) is 5.30. The van der Waals surface area contributed by atoms with Crippen molar-refractivity contribution in [3.8, 4) is 0 Å². The second-order valence-electron chi connectivity index (χ2n) is 3.10. The van der Waals surface area contributed by atoms with Crippen LogP contribution in [-0.4, -0.2) is 5.91 Å². The molecule has 2 N–H and O–H groups in total. The van der Waals surface area contributed by atoms with Crippen molar-refractivity contribution in [1.29, 1.82) is 0 Å². The zero-order valence-electron chi connectivity index (χ0n) is 7.61. The third-order valence-corrected chi connectivity index (χ3v) is 2.42. The van der Waals surface area contributed by atoms with Gasteiger partial charge in [0.2, 0.25) is 0 Å². The molecule has 0 aliphatic carbocycles. The number of rotatable bonds is 1. The lowest BCUT2D eigenvalue weighted by molar-refractivity contribution is -0.604. The van der Waals surface area contributed by atoms with E-state index in [1.165, 1.54) is 6.20 Å². The standard InChI is InChI=1S/C10H7ClN2O2/c11-8-3-1-2-6-4-13(15)5-7(9(6)8)10(12)14/h1-5H,(H2,12,14). The molecule has 0 fully saturated rings. The topological polar surface area (TPSA) is 70.0 Å². The number of hydrogen-bond donors (Lipinski definition) is 1. The van der Waals surface area contributed by atoms with E-state index in [-0.39, 0.29) is 5.56 Å². The van der Waals surface area contributed by atoms with Crippen LogP contribution in [-0.2, 0) is 0 Å². The summed E-state index contributed by atoms with van der Waals surface area (Å²) in [4.78, 5) is 11.1. The number of halogens is 1. The largest absolute Gasteiger partial charge is 0.619 e. The molecule has 1 amide bonds. The van der Waals surface area contributed by atoms with E-state index >= 15 is 0 Å². The summed E-state index contributed by atoms with van der Waals surface area (Å²) in [7, 11) is 0. The number of carbonyl (C=O) groups is 1. The molecular weight excluding hydrogens is 216 g/mol. The first-order valence-corrected chi connectivity index (χ1v) is 4.58. The lowest BCUT2D eigenvalue weighted by Gasteiger charge is -2.05. The van der Waals surface area contributed by atoms with E-state index in [9.17, 15) is 10.0 Å². The molecule has 0 aliphatic heterocycles. The Morgan fingerprint density at radius 2 is 2.13 bits per heavy atom. The molecule has 0 atom stereocenters. The Kier molecular flexibility index (Phi) is 2.21. The van der Waals surface area contributed by atoms with Gasteiger partial charge in [-0.2, -0.15) is 4.73 Å². The van der Waals surface area contributed by atoms with Gasteiger partial charge in [0.05, 0.1) is 0 Å². The zero-order valence-corrected chi connectivity index (χ0v) is 8.36. The Labute approximate surface area is 90.5 Å². The molecule has 4 nitrogen and oxygen atoms in total. The zero-order chi connectivity index (χ0) is 11.0. The number of amides is 1. The van der Waals surface area contributed by atoms with E-state index in [0.717, 1.165) is 6.20 Å². The van der Waals surface area contributed by atoms with E-state index in [1.54, 1.807) is 18.2 Å². The number of nitrogens with two attached hydrogens (primary N) is 1. The molecule has 5 heteroatoms. The van der Waals surface area contributed by atoms with Crippen molar-refractivity contribution in [3.63, 3.8) is 0 Å². The summed E-state index contributed by atoms with van der Waals surface area (Å²) in [6.07, 6.45) is 2.46. The van der Waals surface area contributed by atoms with Crippen molar-refractivity contribution in [3.05, 3.63) is 46.4 Å². The number of hydrogen-bond acceptors (Lipinski definition) is 2. The molecular formula is C10H7ClN2O2. The summed E-state index contributed by atoms with van der Waals surface area (Å²) < 4.78 is 0.540. The highest BCUT2D eigenvalue weighted by atomic mass is 35.5. The average Bonchev–Trinajstić information content (AvgIpc) is 2.16. The van der Waals surface area contributed by atoms with Crippen LogP contribution in [0.1, 0.15) is 10.4 Å². The molecule has 1 heterocycles. The van der Waals surface area contributed by atoms with Crippen LogP contribution in [0.3, 0.4) is 0 Å². The molecule has 1 aromatic heterocycles. The van der Waals surface area contributed by atoms with Gasteiger partial charge in [-0.05, 0) is 12.1 Å². The maximum atomic E-state index is 11.2. The summed E-state index contributed by atoms with van der Waals surface area (Å²) in [5.74, 6) is -0.668. The van der Waals surface area contributed by atoms with Gasteiger partial charge in [-0.3, -0.25) is 4.79 Å². The highest BCUT2D eigenvalue weighted by Crippen LogP contribution is 2.25. The van der Waals surface area contributed by atoms with Gasteiger partial charge in [0.1, 0.15) is 5.56 Å². The van der Waals surface area contributed by atoms with Crippen molar-refractivity contribution < 1.29 is 9.52 Å². The molecule has 0 saturated heterocycles. The van der Waals surface area contributed by atoms with Gasteiger partial charge in [-0.1, -0.05) is 17.7 Å². The van der Waals surface area contributed by atoms with Crippen molar-refractivity contribution in [1.82, 2.24) is 0 Å². The van der Waals surface area contributed by atoms with Gasteiger partial charge in [-0.25, -0.2) is 0 Å². The summed E-state index contributed by atoms with van der Waals surface area (Å²) in [6.45, 7) is 0. The van der Waals surface area contributed by atoms with E-state index in [1.807, 2.05) is 0 Å². The van der Waals surface area contributed by atoms with Crippen LogP contribution >= 0.6 is 11.6 Å². The minimum absolute atomic E-state index is 0.133.